The van der Waals surface area contributed by atoms with Gasteiger partial charge >= 0.3 is 0 Å². The van der Waals surface area contributed by atoms with Crippen LogP contribution in [0.5, 0.6) is 5.75 Å². The van der Waals surface area contributed by atoms with Crippen molar-refractivity contribution in [1.82, 2.24) is 19.4 Å². The summed E-state index contributed by atoms with van der Waals surface area (Å²) in [6.07, 6.45) is 4.12. The predicted octanol–water partition coefficient (Wildman–Crippen LogP) is 5.19. The topological polar surface area (TPSA) is 54.2 Å². The summed E-state index contributed by atoms with van der Waals surface area (Å²) in [5.74, 6) is 1.21. The Morgan fingerprint density at radius 3 is 2.62 bits per heavy atom. The van der Waals surface area contributed by atoms with Crippen molar-refractivity contribution < 1.29 is 5.11 Å². The highest BCUT2D eigenvalue weighted by atomic mass is 35.5. The van der Waals surface area contributed by atoms with E-state index in [0.29, 0.717) is 11.1 Å². The highest BCUT2D eigenvalue weighted by Gasteiger charge is 2.23. The molecular formula is C23H23ClN4O. The Bertz CT molecular complexity index is 1220. The molecule has 1 aliphatic rings. The summed E-state index contributed by atoms with van der Waals surface area (Å²) in [7, 11) is 2.18. The molecule has 1 saturated heterocycles. The van der Waals surface area contributed by atoms with Gasteiger partial charge in [0.05, 0.1) is 22.3 Å². The number of hydrogen-bond acceptors (Lipinski definition) is 4. The number of imidazole rings is 1. The molecule has 0 spiro atoms. The molecule has 4 aromatic rings. The van der Waals surface area contributed by atoms with Crippen molar-refractivity contribution in [2.45, 2.75) is 25.8 Å². The number of pyridine rings is 1. The molecule has 2 aromatic heterocycles. The molecule has 6 heteroatoms. The van der Waals surface area contributed by atoms with Crippen LogP contribution in [0.2, 0.25) is 5.02 Å². The van der Waals surface area contributed by atoms with Crippen LogP contribution < -0.4 is 0 Å². The lowest BCUT2D eigenvalue weighted by atomic mass is 10.0. The second-order valence-electron chi connectivity index (χ2n) is 7.95. The average molecular weight is 407 g/mol. The van der Waals surface area contributed by atoms with E-state index in [0.717, 1.165) is 64.8 Å². The Morgan fingerprint density at radius 1 is 1.07 bits per heavy atom. The van der Waals surface area contributed by atoms with Gasteiger partial charge in [-0.2, -0.15) is 0 Å². The number of aromatic hydroxyl groups is 1. The third kappa shape index (κ3) is 3.15. The SMILES string of the molecule is Cc1nc2cnc3ccc(-c4ccc(O)cc4Cl)cc3c2n1C1CCN(C)CC1. The number of aromatic nitrogens is 3. The second kappa shape index (κ2) is 7.01. The van der Waals surface area contributed by atoms with Crippen LogP contribution in [0.1, 0.15) is 24.7 Å². The molecule has 0 aliphatic carbocycles. The molecular weight excluding hydrogens is 384 g/mol. The quantitative estimate of drug-likeness (QED) is 0.498. The summed E-state index contributed by atoms with van der Waals surface area (Å²) in [5, 5.41) is 11.3. The molecule has 0 amide bonds. The fraction of sp³-hybridized carbons (Fsp3) is 0.304. The van der Waals surface area contributed by atoms with Gasteiger partial charge in [-0.05, 0) is 75.8 Å². The van der Waals surface area contributed by atoms with Crippen molar-refractivity contribution in [1.29, 1.82) is 0 Å². The van der Waals surface area contributed by atoms with E-state index < -0.39 is 0 Å². The first-order valence-electron chi connectivity index (χ1n) is 9.96. The minimum absolute atomic E-state index is 0.166. The Labute approximate surface area is 174 Å². The molecule has 0 bridgehead atoms. The number of hydrogen-bond donors (Lipinski definition) is 1. The van der Waals surface area contributed by atoms with Crippen molar-refractivity contribution in [3.8, 4) is 16.9 Å². The maximum absolute atomic E-state index is 9.69. The number of phenolic OH excluding ortho intramolecular Hbond substituents is 1. The fourth-order valence-corrected chi connectivity index (χ4v) is 4.78. The molecule has 0 atom stereocenters. The average Bonchev–Trinajstić information content (AvgIpc) is 3.05. The summed E-state index contributed by atoms with van der Waals surface area (Å²) in [4.78, 5) is 11.8. The van der Waals surface area contributed by atoms with E-state index in [1.54, 1.807) is 12.1 Å². The van der Waals surface area contributed by atoms with Crippen molar-refractivity contribution in [3.63, 3.8) is 0 Å². The molecule has 5 nitrogen and oxygen atoms in total. The van der Waals surface area contributed by atoms with Gasteiger partial charge in [0.2, 0.25) is 0 Å². The maximum Gasteiger partial charge on any atom is 0.117 e. The first-order chi connectivity index (χ1) is 14.0. The number of aryl methyl sites for hydroxylation is 1. The molecule has 1 N–H and O–H groups in total. The summed E-state index contributed by atoms with van der Waals surface area (Å²) < 4.78 is 2.41. The summed E-state index contributed by atoms with van der Waals surface area (Å²) in [5.41, 5.74) is 4.93. The third-order valence-corrected chi connectivity index (χ3v) is 6.32. The number of rotatable bonds is 2. The zero-order chi connectivity index (χ0) is 20.1. The van der Waals surface area contributed by atoms with E-state index in [2.05, 4.69) is 34.5 Å². The number of piperidine rings is 1. The van der Waals surface area contributed by atoms with E-state index in [4.69, 9.17) is 16.6 Å². The first-order valence-corrected chi connectivity index (χ1v) is 10.3. The fourth-order valence-electron chi connectivity index (χ4n) is 4.50. The maximum atomic E-state index is 9.69. The van der Waals surface area contributed by atoms with Crippen LogP contribution in [0.25, 0.3) is 33.1 Å². The molecule has 3 heterocycles. The van der Waals surface area contributed by atoms with Crippen LogP contribution in [0, 0.1) is 6.92 Å². The van der Waals surface area contributed by atoms with Crippen molar-refractivity contribution in [2.75, 3.05) is 20.1 Å². The first kappa shape index (κ1) is 18.4. The van der Waals surface area contributed by atoms with E-state index >= 15 is 0 Å². The molecule has 0 saturated carbocycles. The van der Waals surface area contributed by atoms with Gasteiger partial charge in [0.25, 0.3) is 0 Å². The number of phenols is 1. The van der Waals surface area contributed by atoms with Crippen molar-refractivity contribution in [2.24, 2.45) is 0 Å². The molecule has 2 aromatic carbocycles. The molecule has 148 valence electrons. The van der Waals surface area contributed by atoms with Crippen LogP contribution in [0.3, 0.4) is 0 Å². The highest BCUT2D eigenvalue weighted by molar-refractivity contribution is 6.33. The van der Waals surface area contributed by atoms with Gasteiger partial charge in [0, 0.05) is 17.0 Å². The van der Waals surface area contributed by atoms with Crippen LogP contribution in [0.15, 0.2) is 42.6 Å². The van der Waals surface area contributed by atoms with E-state index in [1.807, 2.05) is 24.4 Å². The highest BCUT2D eigenvalue weighted by Crippen LogP contribution is 2.36. The van der Waals surface area contributed by atoms with E-state index in [-0.39, 0.29) is 5.75 Å². The zero-order valence-electron chi connectivity index (χ0n) is 16.6. The number of fused-ring (bicyclic) bond motifs is 3. The minimum atomic E-state index is 0.166. The van der Waals surface area contributed by atoms with Crippen LogP contribution in [0.4, 0.5) is 0 Å². The van der Waals surface area contributed by atoms with Crippen molar-refractivity contribution in [3.05, 3.63) is 53.4 Å². The van der Waals surface area contributed by atoms with Crippen LogP contribution in [-0.2, 0) is 0 Å². The predicted molar refractivity (Wildman–Crippen MR) is 118 cm³/mol. The van der Waals surface area contributed by atoms with Gasteiger partial charge in [-0.1, -0.05) is 17.7 Å². The van der Waals surface area contributed by atoms with Gasteiger partial charge in [-0.3, -0.25) is 4.98 Å². The second-order valence-corrected chi connectivity index (χ2v) is 8.36. The number of nitrogens with zero attached hydrogens (tertiary/aromatic N) is 4. The third-order valence-electron chi connectivity index (χ3n) is 6.01. The van der Waals surface area contributed by atoms with Gasteiger partial charge in [0.1, 0.15) is 17.1 Å². The van der Waals surface area contributed by atoms with Crippen LogP contribution >= 0.6 is 11.6 Å². The molecule has 29 heavy (non-hydrogen) atoms. The van der Waals surface area contributed by atoms with E-state index in [9.17, 15) is 5.11 Å². The van der Waals surface area contributed by atoms with Gasteiger partial charge in [-0.25, -0.2) is 4.98 Å². The number of halogens is 1. The lowest BCUT2D eigenvalue weighted by molar-refractivity contribution is 0.222. The van der Waals surface area contributed by atoms with Crippen LogP contribution in [-0.4, -0.2) is 44.7 Å². The number of benzene rings is 2. The standard InChI is InChI=1S/C23H23ClN4O/c1-14-26-22-13-25-21-6-3-15(18-5-4-17(29)12-20(18)24)11-19(21)23(22)28(14)16-7-9-27(2)10-8-16/h3-6,11-13,16,29H,7-10H2,1-2H3. The summed E-state index contributed by atoms with van der Waals surface area (Å²) in [6, 6.07) is 11.8. The smallest absolute Gasteiger partial charge is 0.117 e. The zero-order valence-corrected chi connectivity index (χ0v) is 17.3. The minimum Gasteiger partial charge on any atom is -0.508 e. The van der Waals surface area contributed by atoms with E-state index in [1.165, 1.54) is 0 Å². The Kier molecular flexibility index (Phi) is 4.45. The van der Waals surface area contributed by atoms with Gasteiger partial charge in [0.15, 0.2) is 0 Å². The summed E-state index contributed by atoms with van der Waals surface area (Å²) in [6.45, 7) is 4.28. The largest absolute Gasteiger partial charge is 0.508 e. The molecule has 0 unspecified atom stereocenters. The number of likely N-dealkylation sites (tertiary alicyclic amines) is 1. The van der Waals surface area contributed by atoms with Crippen molar-refractivity contribution >= 4 is 33.5 Å². The monoisotopic (exact) mass is 406 g/mol. The Morgan fingerprint density at radius 2 is 1.86 bits per heavy atom. The lowest BCUT2D eigenvalue weighted by Crippen LogP contribution is -2.31. The normalized spacial score (nSPS) is 16.1. The van der Waals surface area contributed by atoms with Gasteiger partial charge < -0.3 is 14.6 Å². The van der Waals surface area contributed by atoms with Gasteiger partial charge in [-0.15, -0.1) is 0 Å². The molecule has 0 radical (unpaired) electrons. The molecule has 1 fully saturated rings. The Hall–Kier alpha value is -2.63. The lowest BCUT2D eigenvalue weighted by Gasteiger charge is -2.31. The molecule has 5 rings (SSSR count). The summed E-state index contributed by atoms with van der Waals surface area (Å²) >= 11 is 6.41. The molecule has 1 aliphatic heterocycles. The Balaban J connectivity index is 1.72.